The maximum Gasteiger partial charge on any atom is 0.315 e. The van der Waals surface area contributed by atoms with Gasteiger partial charge in [-0.15, -0.1) is 0 Å². The summed E-state index contributed by atoms with van der Waals surface area (Å²) in [6, 6.07) is -0.117. The van der Waals surface area contributed by atoms with Crippen LogP contribution in [0.15, 0.2) is 0 Å². The molecule has 3 fully saturated rings. The number of hydrogen-bond acceptors (Lipinski definition) is 3. The van der Waals surface area contributed by atoms with Crippen LogP contribution in [0.25, 0.3) is 0 Å². The fourth-order valence-electron chi connectivity index (χ4n) is 4.52. The Morgan fingerprint density at radius 1 is 1.05 bits per heavy atom. The van der Waals surface area contributed by atoms with Gasteiger partial charge in [0, 0.05) is 17.3 Å². The monoisotopic (exact) mass is 312 g/mol. The second kappa shape index (κ2) is 6.07. The highest BCUT2D eigenvalue weighted by Crippen LogP contribution is 2.48. The summed E-state index contributed by atoms with van der Waals surface area (Å²) in [5, 5.41) is 16.0. The minimum absolute atomic E-state index is 0.175. The van der Waals surface area contributed by atoms with Gasteiger partial charge in [0.1, 0.15) is 0 Å². The van der Waals surface area contributed by atoms with E-state index in [0.29, 0.717) is 11.2 Å². The summed E-state index contributed by atoms with van der Waals surface area (Å²) in [6.45, 7) is 0. The first-order valence-electron chi connectivity index (χ1n) is 7.91. The first-order valence-corrected chi connectivity index (χ1v) is 9.20. The number of amides is 2. The second-order valence-corrected chi connectivity index (χ2v) is 7.85. The average molecular weight is 312 g/mol. The molecule has 0 heterocycles. The van der Waals surface area contributed by atoms with Gasteiger partial charge in [0.05, 0.1) is 5.92 Å². The molecule has 6 heteroatoms. The Morgan fingerprint density at radius 2 is 1.81 bits per heavy atom. The third-order valence-electron chi connectivity index (χ3n) is 5.55. The summed E-state index contributed by atoms with van der Waals surface area (Å²) >= 11 is 1.86. The van der Waals surface area contributed by atoms with E-state index in [9.17, 15) is 14.7 Å². The van der Waals surface area contributed by atoms with Gasteiger partial charge >= 0.3 is 12.0 Å². The molecule has 21 heavy (non-hydrogen) atoms. The quantitative estimate of drug-likeness (QED) is 0.742. The molecule has 3 saturated carbocycles. The van der Waals surface area contributed by atoms with E-state index in [0.717, 1.165) is 38.5 Å². The fraction of sp³-hybridized carbons (Fsp3) is 0.867. The maximum atomic E-state index is 12.2. The van der Waals surface area contributed by atoms with Gasteiger partial charge < -0.3 is 15.7 Å². The van der Waals surface area contributed by atoms with Gasteiger partial charge in [0.25, 0.3) is 0 Å². The molecule has 3 rings (SSSR count). The van der Waals surface area contributed by atoms with Crippen molar-refractivity contribution in [3.05, 3.63) is 0 Å². The van der Waals surface area contributed by atoms with Gasteiger partial charge in [-0.1, -0.05) is 0 Å². The molecule has 118 valence electrons. The highest BCUT2D eigenvalue weighted by atomic mass is 32.2. The predicted molar refractivity (Wildman–Crippen MR) is 82.4 cm³/mol. The number of rotatable bonds is 4. The average Bonchev–Trinajstić information content (AvgIpc) is 3.13. The lowest BCUT2D eigenvalue weighted by atomic mass is 9.84. The van der Waals surface area contributed by atoms with E-state index < -0.39 is 11.9 Å². The number of carboxylic acids is 1. The molecule has 3 aliphatic carbocycles. The lowest BCUT2D eigenvalue weighted by Gasteiger charge is -2.29. The minimum atomic E-state index is -0.754. The smallest absolute Gasteiger partial charge is 0.315 e. The molecule has 0 radical (unpaired) electrons. The van der Waals surface area contributed by atoms with Crippen molar-refractivity contribution in [1.82, 2.24) is 10.6 Å². The highest BCUT2D eigenvalue weighted by molar-refractivity contribution is 7.99. The van der Waals surface area contributed by atoms with E-state index >= 15 is 0 Å². The zero-order valence-corrected chi connectivity index (χ0v) is 13.2. The van der Waals surface area contributed by atoms with Gasteiger partial charge in [-0.2, -0.15) is 11.8 Å². The van der Waals surface area contributed by atoms with Gasteiger partial charge in [-0.3, -0.25) is 4.79 Å². The Balaban J connectivity index is 1.54. The fourth-order valence-corrected chi connectivity index (χ4v) is 5.31. The largest absolute Gasteiger partial charge is 0.481 e. The van der Waals surface area contributed by atoms with Crippen LogP contribution in [0.5, 0.6) is 0 Å². The zero-order valence-electron chi connectivity index (χ0n) is 12.4. The molecular formula is C15H24N2O3S. The van der Waals surface area contributed by atoms with Gasteiger partial charge in [0.2, 0.25) is 0 Å². The van der Waals surface area contributed by atoms with E-state index in [2.05, 4.69) is 16.9 Å². The SMILES string of the molecule is CSC1CCC(NC(=O)NC2C3CCC(C3)C2C(=O)O)C1. The van der Waals surface area contributed by atoms with Crippen LogP contribution in [-0.2, 0) is 4.79 Å². The summed E-state index contributed by atoms with van der Waals surface area (Å²) in [4.78, 5) is 23.6. The third-order valence-corrected chi connectivity index (χ3v) is 6.65. The van der Waals surface area contributed by atoms with E-state index in [4.69, 9.17) is 0 Å². The molecule has 5 nitrogen and oxygen atoms in total. The second-order valence-electron chi connectivity index (χ2n) is 6.71. The van der Waals surface area contributed by atoms with Crippen LogP contribution < -0.4 is 10.6 Å². The molecule has 6 unspecified atom stereocenters. The topological polar surface area (TPSA) is 78.4 Å². The lowest BCUT2D eigenvalue weighted by Crippen LogP contribution is -2.51. The standard InChI is InChI=1S/C15H24N2O3S/c1-21-11-5-4-10(7-11)16-15(20)17-13-9-3-2-8(6-9)12(13)14(18)19/h8-13H,2-7H2,1H3,(H,18,19)(H2,16,17,20). The Morgan fingerprint density at radius 3 is 2.48 bits per heavy atom. The van der Waals surface area contributed by atoms with E-state index in [-0.39, 0.29) is 24.0 Å². The van der Waals surface area contributed by atoms with Crippen LogP contribution in [0, 0.1) is 17.8 Å². The Hall–Kier alpha value is -0.910. The lowest BCUT2D eigenvalue weighted by molar-refractivity contribution is -0.144. The normalized spacial score (nSPS) is 41.2. The molecular weight excluding hydrogens is 288 g/mol. The Labute approximate surface area is 129 Å². The summed E-state index contributed by atoms with van der Waals surface area (Å²) < 4.78 is 0. The van der Waals surface area contributed by atoms with Crippen molar-refractivity contribution in [1.29, 1.82) is 0 Å². The van der Waals surface area contributed by atoms with Crippen LogP contribution in [0.2, 0.25) is 0 Å². The molecule has 3 aliphatic rings. The first kappa shape index (κ1) is 15.0. The van der Waals surface area contributed by atoms with Crippen molar-refractivity contribution < 1.29 is 14.7 Å². The number of fused-ring (bicyclic) bond motifs is 2. The maximum absolute atomic E-state index is 12.2. The minimum Gasteiger partial charge on any atom is -0.481 e. The zero-order chi connectivity index (χ0) is 15.0. The third kappa shape index (κ3) is 3.00. The van der Waals surface area contributed by atoms with Gasteiger partial charge in [0.15, 0.2) is 0 Å². The highest BCUT2D eigenvalue weighted by Gasteiger charge is 2.51. The van der Waals surface area contributed by atoms with Crippen LogP contribution in [-0.4, -0.2) is 40.7 Å². The Bertz CT molecular complexity index is 431. The van der Waals surface area contributed by atoms with Crippen molar-refractivity contribution in [2.75, 3.05) is 6.26 Å². The van der Waals surface area contributed by atoms with Crippen molar-refractivity contribution in [2.45, 2.75) is 55.9 Å². The molecule has 0 aromatic carbocycles. The molecule has 2 amide bonds. The molecule has 0 spiro atoms. The van der Waals surface area contributed by atoms with Gasteiger partial charge in [-0.25, -0.2) is 4.79 Å². The predicted octanol–water partition coefficient (Wildman–Crippen LogP) is 2.07. The number of thioether (sulfide) groups is 1. The van der Waals surface area contributed by atoms with E-state index in [1.807, 2.05) is 11.8 Å². The molecule has 2 bridgehead atoms. The molecule has 0 aromatic rings. The Kier molecular flexibility index (Phi) is 4.33. The van der Waals surface area contributed by atoms with Crippen LogP contribution in [0.4, 0.5) is 4.79 Å². The number of aliphatic carboxylic acids is 1. The summed E-state index contributed by atoms with van der Waals surface area (Å²) in [5.74, 6) is -0.539. The van der Waals surface area contributed by atoms with Crippen LogP contribution >= 0.6 is 11.8 Å². The van der Waals surface area contributed by atoms with E-state index in [1.165, 1.54) is 0 Å². The molecule has 3 N–H and O–H groups in total. The number of urea groups is 1. The van der Waals surface area contributed by atoms with Crippen molar-refractivity contribution in [3.8, 4) is 0 Å². The summed E-state index contributed by atoms with van der Waals surface area (Å²) in [7, 11) is 0. The molecule has 0 aliphatic heterocycles. The number of carbonyl (C=O) groups is 2. The summed E-state index contributed by atoms with van der Waals surface area (Å²) in [5.41, 5.74) is 0. The van der Waals surface area contributed by atoms with E-state index in [1.54, 1.807) is 0 Å². The van der Waals surface area contributed by atoms with Gasteiger partial charge in [-0.05, 0) is 56.6 Å². The number of nitrogens with one attached hydrogen (secondary N) is 2. The number of carbonyl (C=O) groups excluding carboxylic acids is 1. The van der Waals surface area contributed by atoms with Crippen LogP contribution in [0.3, 0.4) is 0 Å². The van der Waals surface area contributed by atoms with Crippen molar-refractivity contribution in [2.24, 2.45) is 17.8 Å². The van der Waals surface area contributed by atoms with Crippen molar-refractivity contribution >= 4 is 23.8 Å². The summed E-state index contributed by atoms with van der Waals surface area (Å²) in [6.07, 6.45) is 8.32. The first-order chi connectivity index (χ1) is 10.1. The van der Waals surface area contributed by atoms with Crippen molar-refractivity contribution in [3.63, 3.8) is 0 Å². The molecule has 0 saturated heterocycles. The number of carboxylic acid groups (broad SMARTS) is 1. The molecule has 6 atom stereocenters. The van der Waals surface area contributed by atoms with Crippen LogP contribution in [0.1, 0.15) is 38.5 Å². The number of hydrogen-bond donors (Lipinski definition) is 3. The molecule has 0 aromatic heterocycles.